The number of nitrogens with zero attached hydrogens (tertiary/aromatic N) is 2. The third-order valence-corrected chi connectivity index (χ3v) is 8.35. The molecular weight excluding hydrogens is 581 g/mol. The second-order valence-corrected chi connectivity index (χ2v) is 13.5. The molecule has 3 rings (SSSR count). The van der Waals surface area contributed by atoms with Crippen LogP contribution in [-0.4, -0.2) is 50.5 Å². The van der Waals surface area contributed by atoms with Crippen molar-refractivity contribution in [2.75, 3.05) is 23.7 Å². The highest BCUT2D eigenvalue weighted by Gasteiger charge is 2.33. The molecule has 41 heavy (non-hydrogen) atoms. The number of rotatable bonds is 12. The van der Waals surface area contributed by atoms with Crippen molar-refractivity contribution in [3.05, 3.63) is 99.0 Å². The van der Waals surface area contributed by atoms with Crippen LogP contribution in [0.2, 0.25) is 10.0 Å². The van der Waals surface area contributed by atoms with Crippen LogP contribution < -0.4 is 9.62 Å². The Bertz CT molecular complexity index is 1460. The molecule has 0 aromatic heterocycles. The van der Waals surface area contributed by atoms with E-state index in [9.17, 15) is 18.0 Å². The standard InChI is InChI=1S/C31H37Cl2N3O4S/c1-21(2)18-34-31(38)29(17-24-9-7-6-8-10-24)35(19-25-11-12-27(32)28(33)16-25)30(37)20-36(41(5,39)40)26-14-22(3)13-23(4)15-26/h6-16,21,29H,17-20H2,1-5H3,(H,34,38)/t29-/m1/s1. The molecular formula is C31H37Cl2N3O4S. The lowest BCUT2D eigenvalue weighted by atomic mass is 10.0. The second kappa shape index (κ2) is 14.2. The fourth-order valence-corrected chi connectivity index (χ4v) is 5.67. The highest BCUT2D eigenvalue weighted by atomic mass is 35.5. The van der Waals surface area contributed by atoms with E-state index in [1.165, 1.54) is 4.90 Å². The fourth-order valence-electron chi connectivity index (χ4n) is 4.52. The molecule has 0 fully saturated rings. The Morgan fingerprint density at radius 3 is 2.07 bits per heavy atom. The summed E-state index contributed by atoms with van der Waals surface area (Å²) in [5.41, 5.74) is 3.63. The summed E-state index contributed by atoms with van der Waals surface area (Å²) < 4.78 is 27.0. The fraction of sp³-hybridized carbons (Fsp3) is 0.355. The summed E-state index contributed by atoms with van der Waals surface area (Å²) in [6.07, 6.45) is 1.30. The zero-order valence-corrected chi connectivity index (χ0v) is 26.4. The maximum atomic E-state index is 14.2. The zero-order chi connectivity index (χ0) is 30.3. The van der Waals surface area contributed by atoms with E-state index in [1.807, 2.05) is 64.1 Å². The van der Waals surface area contributed by atoms with Crippen LogP contribution in [0.15, 0.2) is 66.7 Å². The summed E-state index contributed by atoms with van der Waals surface area (Å²) >= 11 is 12.4. The first kappa shape index (κ1) is 32.4. The summed E-state index contributed by atoms with van der Waals surface area (Å²) in [5.74, 6) is -0.657. The van der Waals surface area contributed by atoms with Crippen LogP contribution in [0.4, 0.5) is 5.69 Å². The highest BCUT2D eigenvalue weighted by Crippen LogP contribution is 2.26. The molecule has 0 saturated carbocycles. The number of sulfonamides is 1. The molecule has 220 valence electrons. The topological polar surface area (TPSA) is 86.8 Å². The van der Waals surface area contributed by atoms with Gasteiger partial charge in [0.25, 0.3) is 0 Å². The molecule has 0 aliphatic rings. The van der Waals surface area contributed by atoms with Crippen LogP contribution in [0.3, 0.4) is 0 Å². The summed E-state index contributed by atoms with van der Waals surface area (Å²) in [6.45, 7) is 7.67. The zero-order valence-electron chi connectivity index (χ0n) is 24.0. The van der Waals surface area contributed by atoms with Gasteiger partial charge in [0, 0.05) is 19.5 Å². The van der Waals surface area contributed by atoms with Gasteiger partial charge >= 0.3 is 0 Å². The normalized spacial score (nSPS) is 12.2. The number of nitrogens with one attached hydrogen (secondary N) is 1. The van der Waals surface area contributed by atoms with Crippen LogP contribution in [0, 0.1) is 19.8 Å². The number of carbonyl (C=O) groups is 2. The van der Waals surface area contributed by atoms with Crippen LogP contribution in [-0.2, 0) is 32.6 Å². The molecule has 0 aliphatic carbocycles. The van der Waals surface area contributed by atoms with E-state index in [0.717, 1.165) is 27.3 Å². The molecule has 0 saturated heterocycles. The van der Waals surface area contributed by atoms with Crippen molar-refractivity contribution in [2.24, 2.45) is 5.92 Å². The number of amides is 2. The third kappa shape index (κ3) is 9.48. The average Bonchev–Trinajstić information content (AvgIpc) is 2.89. The summed E-state index contributed by atoms with van der Waals surface area (Å²) in [6, 6.07) is 18.9. The van der Waals surface area contributed by atoms with Gasteiger partial charge in [-0.05, 0) is 66.3 Å². The predicted molar refractivity (Wildman–Crippen MR) is 167 cm³/mol. The molecule has 10 heteroatoms. The average molecular weight is 619 g/mol. The van der Waals surface area contributed by atoms with Gasteiger partial charge in [0.1, 0.15) is 12.6 Å². The Labute approximate surface area is 253 Å². The van der Waals surface area contributed by atoms with E-state index in [4.69, 9.17) is 23.2 Å². The number of hydrogen-bond donors (Lipinski definition) is 1. The van der Waals surface area contributed by atoms with E-state index >= 15 is 0 Å². The monoisotopic (exact) mass is 617 g/mol. The van der Waals surface area contributed by atoms with Crippen molar-refractivity contribution < 1.29 is 18.0 Å². The number of benzene rings is 3. The number of halogens is 2. The largest absolute Gasteiger partial charge is 0.354 e. The van der Waals surface area contributed by atoms with Gasteiger partial charge < -0.3 is 10.2 Å². The molecule has 1 N–H and O–H groups in total. The summed E-state index contributed by atoms with van der Waals surface area (Å²) in [7, 11) is -3.84. The Morgan fingerprint density at radius 2 is 1.51 bits per heavy atom. The van der Waals surface area contributed by atoms with Crippen molar-refractivity contribution in [2.45, 2.75) is 46.7 Å². The first-order valence-electron chi connectivity index (χ1n) is 13.4. The SMILES string of the molecule is Cc1cc(C)cc(N(CC(=O)N(Cc2ccc(Cl)c(Cl)c2)[C@H](Cc2ccccc2)C(=O)NCC(C)C)S(C)(=O)=O)c1. The van der Waals surface area contributed by atoms with Crippen molar-refractivity contribution in [1.82, 2.24) is 10.2 Å². The molecule has 1 atom stereocenters. The number of carbonyl (C=O) groups excluding carboxylic acids is 2. The Kier molecular flexibility index (Phi) is 11.2. The van der Waals surface area contributed by atoms with Gasteiger partial charge in [0.15, 0.2) is 0 Å². The van der Waals surface area contributed by atoms with Gasteiger partial charge in [-0.15, -0.1) is 0 Å². The van der Waals surface area contributed by atoms with E-state index in [1.54, 1.807) is 30.3 Å². The molecule has 0 heterocycles. The Balaban J connectivity index is 2.08. The van der Waals surface area contributed by atoms with E-state index in [-0.39, 0.29) is 24.8 Å². The minimum atomic E-state index is -3.84. The molecule has 0 bridgehead atoms. The molecule has 0 aliphatic heterocycles. The number of hydrogen-bond acceptors (Lipinski definition) is 4. The lowest BCUT2D eigenvalue weighted by Gasteiger charge is -2.34. The summed E-state index contributed by atoms with van der Waals surface area (Å²) in [4.78, 5) is 29.3. The van der Waals surface area contributed by atoms with Crippen LogP contribution in [0.1, 0.15) is 36.1 Å². The quantitative estimate of drug-likeness (QED) is 0.279. The molecule has 0 spiro atoms. The Morgan fingerprint density at radius 1 is 0.878 bits per heavy atom. The number of aryl methyl sites for hydroxylation is 2. The molecule has 2 amide bonds. The predicted octanol–water partition coefficient (Wildman–Crippen LogP) is 5.79. The van der Waals surface area contributed by atoms with Gasteiger partial charge in [-0.25, -0.2) is 8.42 Å². The first-order chi connectivity index (χ1) is 19.2. The smallest absolute Gasteiger partial charge is 0.244 e. The van der Waals surface area contributed by atoms with Gasteiger partial charge in [-0.2, -0.15) is 0 Å². The Hall–Kier alpha value is -3.07. The van der Waals surface area contributed by atoms with E-state index in [0.29, 0.717) is 27.8 Å². The number of anilines is 1. The maximum absolute atomic E-state index is 14.2. The second-order valence-electron chi connectivity index (χ2n) is 10.7. The molecule has 7 nitrogen and oxygen atoms in total. The van der Waals surface area contributed by atoms with Gasteiger partial charge in [0.05, 0.1) is 22.0 Å². The van der Waals surface area contributed by atoms with Gasteiger partial charge in [-0.1, -0.05) is 79.5 Å². The van der Waals surface area contributed by atoms with Crippen LogP contribution in [0.5, 0.6) is 0 Å². The highest BCUT2D eigenvalue weighted by molar-refractivity contribution is 7.92. The van der Waals surface area contributed by atoms with E-state index < -0.39 is 28.5 Å². The van der Waals surface area contributed by atoms with Crippen molar-refractivity contribution in [3.63, 3.8) is 0 Å². The summed E-state index contributed by atoms with van der Waals surface area (Å²) in [5, 5.41) is 3.64. The lowest BCUT2D eigenvalue weighted by molar-refractivity contribution is -0.140. The minimum absolute atomic E-state index is 0.0206. The minimum Gasteiger partial charge on any atom is -0.354 e. The molecule has 0 radical (unpaired) electrons. The first-order valence-corrected chi connectivity index (χ1v) is 16.0. The van der Waals surface area contributed by atoms with Gasteiger partial charge in [-0.3, -0.25) is 13.9 Å². The van der Waals surface area contributed by atoms with Crippen LogP contribution in [0.25, 0.3) is 0 Å². The molecule has 3 aromatic rings. The van der Waals surface area contributed by atoms with Crippen LogP contribution >= 0.6 is 23.2 Å². The third-order valence-electron chi connectivity index (χ3n) is 6.47. The lowest BCUT2D eigenvalue weighted by Crippen LogP contribution is -2.53. The maximum Gasteiger partial charge on any atom is 0.244 e. The van der Waals surface area contributed by atoms with Crippen molar-refractivity contribution >= 4 is 50.7 Å². The molecule has 0 unspecified atom stereocenters. The van der Waals surface area contributed by atoms with Crippen molar-refractivity contribution in [1.29, 1.82) is 0 Å². The van der Waals surface area contributed by atoms with E-state index in [2.05, 4.69) is 5.32 Å². The van der Waals surface area contributed by atoms with Gasteiger partial charge in [0.2, 0.25) is 21.8 Å². The van der Waals surface area contributed by atoms with Crippen molar-refractivity contribution in [3.8, 4) is 0 Å². The molecule has 3 aromatic carbocycles.